The number of rotatable bonds is 0. The minimum absolute atomic E-state index is 0.437. The summed E-state index contributed by atoms with van der Waals surface area (Å²) in [7, 11) is 0. The topological polar surface area (TPSA) is 40.5 Å². The summed E-state index contributed by atoms with van der Waals surface area (Å²) in [5, 5.41) is 8.88. The van der Waals surface area contributed by atoms with Crippen LogP contribution < -0.4 is 4.90 Å². The van der Waals surface area contributed by atoms with Gasteiger partial charge in [0.2, 0.25) is 0 Å². The molecule has 1 aromatic rings. The van der Waals surface area contributed by atoms with Crippen LogP contribution in [0.2, 0.25) is 0 Å². The minimum atomic E-state index is -0.906. The van der Waals surface area contributed by atoms with Crippen molar-refractivity contribution in [3.63, 3.8) is 0 Å². The van der Waals surface area contributed by atoms with E-state index >= 15 is 0 Å². The van der Waals surface area contributed by atoms with Crippen LogP contribution in [0.4, 0.5) is 10.5 Å². The molecule has 0 fully saturated rings. The minimum Gasteiger partial charge on any atom is -0.465 e. The fourth-order valence-corrected chi connectivity index (χ4v) is 1.44. The van der Waals surface area contributed by atoms with Gasteiger partial charge in [-0.05, 0) is 11.6 Å². The van der Waals surface area contributed by atoms with Crippen molar-refractivity contribution >= 4 is 17.9 Å². The molecule has 2 rings (SSSR count). The molecular formula is C10H9NO2. The van der Waals surface area contributed by atoms with E-state index < -0.39 is 6.09 Å². The fraction of sp³-hybridized carbons (Fsp3) is 0.100. The quantitative estimate of drug-likeness (QED) is 0.656. The average Bonchev–Trinajstić information content (AvgIpc) is 2.17. The third-order valence-corrected chi connectivity index (χ3v) is 2.04. The number of carboxylic acid groups (broad SMARTS) is 1. The Morgan fingerprint density at radius 2 is 2.15 bits per heavy atom. The van der Waals surface area contributed by atoms with Crippen LogP contribution in [0.15, 0.2) is 30.3 Å². The van der Waals surface area contributed by atoms with E-state index in [2.05, 4.69) is 0 Å². The molecule has 0 unspecified atom stereocenters. The second kappa shape index (κ2) is 2.94. The Morgan fingerprint density at radius 1 is 1.38 bits per heavy atom. The predicted octanol–water partition coefficient (Wildman–Crippen LogP) is 2.20. The molecule has 0 aromatic heterocycles. The molecule has 1 N–H and O–H groups in total. The Morgan fingerprint density at radius 3 is 2.92 bits per heavy atom. The monoisotopic (exact) mass is 175 g/mol. The van der Waals surface area contributed by atoms with Crippen LogP contribution in [0.3, 0.4) is 0 Å². The molecule has 13 heavy (non-hydrogen) atoms. The zero-order valence-electron chi connectivity index (χ0n) is 6.97. The molecule has 0 aliphatic carbocycles. The van der Waals surface area contributed by atoms with Crippen molar-refractivity contribution in [3.8, 4) is 0 Å². The Labute approximate surface area is 75.9 Å². The van der Waals surface area contributed by atoms with E-state index in [9.17, 15) is 4.79 Å². The highest BCUT2D eigenvalue weighted by Gasteiger charge is 2.17. The summed E-state index contributed by atoms with van der Waals surface area (Å²) < 4.78 is 0. The second-order valence-electron chi connectivity index (χ2n) is 2.85. The fourth-order valence-electron chi connectivity index (χ4n) is 1.44. The first-order valence-electron chi connectivity index (χ1n) is 4.05. The standard InChI is InChI=1S/C10H9NO2/c12-10(13)11-7-3-5-8-4-1-2-6-9(8)11/h1-6H,7H2,(H,12,13). The van der Waals surface area contributed by atoms with Gasteiger partial charge >= 0.3 is 6.09 Å². The summed E-state index contributed by atoms with van der Waals surface area (Å²) in [6, 6.07) is 7.45. The molecule has 0 saturated carbocycles. The van der Waals surface area contributed by atoms with Crippen LogP contribution >= 0.6 is 0 Å². The predicted molar refractivity (Wildman–Crippen MR) is 50.8 cm³/mol. The van der Waals surface area contributed by atoms with Crippen molar-refractivity contribution in [3.05, 3.63) is 35.9 Å². The van der Waals surface area contributed by atoms with Crippen LogP contribution in [-0.2, 0) is 0 Å². The number of carbonyl (C=O) groups is 1. The highest BCUT2D eigenvalue weighted by atomic mass is 16.4. The van der Waals surface area contributed by atoms with Crippen molar-refractivity contribution in [1.29, 1.82) is 0 Å². The first-order chi connectivity index (χ1) is 6.29. The van der Waals surface area contributed by atoms with Gasteiger partial charge in [0.05, 0.1) is 5.69 Å². The summed E-state index contributed by atoms with van der Waals surface area (Å²) in [4.78, 5) is 12.1. The van der Waals surface area contributed by atoms with Crippen molar-refractivity contribution < 1.29 is 9.90 Å². The summed E-state index contributed by atoms with van der Waals surface area (Å²) in [6.45, 7) is 0.437. The van der Waals surface area contributed by atoms with Crippen molar-refractivity contribution in [2.24, 2.45) is 0 Å². The van der Waals surface area contributed by atoms with Crippen molar-refractivity contribution in [2.75, 3.05) is 11.4 Å². The van der Waals surface area contributed by atoms with Gasteiger partial charge in [0.15, 0.2) is 0 Å². The molecule has 3 nitrogen and oxygen atoms in total. The molecule has 66 valence electrons. The van der Waals surface area contributed by atoms with Crippen LogP contribution in [0.25, 0.3) is 6.08 Å². The second-order valence-corrected chi connectivity index (χ2v) is 2.85. The van der Waals surface area contributed by atoms with Crippen LogP contribution in [-0.4, -0.2) is 17.7 Å². The highest BCUT2D eigenvalue weighted by molar-refractivity contribution is 5.91. The van der Waals surface area contributed by atoms with E-state index in [4.69, 9.17) is 5.11 Å². The van der Waals surface area contributed by atoms with Crippen LogP contribution in [0.1, 0.15) is 5.56 Å². The number of hydrogen-bond acceptors (Lipinski definition) is 1. The first kappa shape index (κ1) is 7.86. The number of nitrogens with zero attached hydrogens (tertiary/aromatic N) is 1. The maximum atomic E-state index is 10.8. The highest BCUT2D eigenvalue weighted by Crippen LogP contribution is 2.24. The van der Waals surface area contributed by atoms with E-state index in [1.807, 2.05) is 36.4 Å². The molecule has 3 heteroatoms. The number of hydrogen-bond donors (Lipinski definition) is 1. The lowest BCUT2D eigenvalue weighted by Gasteiger charge is -2.22. The number of benzene rings is 1. The van der Waals surface area contributed by atoms with Gasteiger partial charge in [0.25, 0.3) is 0 Å². The van der Waals surface area contributed by atoms with Crippen molar-refractivity contribution in [2.45, 2.75) is 0 Å². The van der Waals surface area contributed by atoms with Gasteiger partial charge in [0.1, 0.15) is 0 Å². The summed E-state index contributed by atoms with van der Waals surface area (Å²) in [5.74, 6) is 0. The zero-order chi connectivity index (χ0) is 9.26. The van der Waals surface area contributed by atoms with Crippen LogP contribution in [0, 0.1) is 0 Å². The normalized spacial score (nSPS) is 14.0. The number of para-hydroxylation sites is 1. The smallest absolute Gasteiger partial charge is 0.412 e. The van der Waals surface area contributed by atoms with Gasteiger partial charge in [0, 0.05) is 6.54 Å². The summed E-state index contributed by atoms with van der Waals surface area (Å²) in [6.07, 6.45) is 2.88. The number of anilines is 1. The SMILES string of the molecule is O=C(O)N1CC=Cc2ccccc21. The molecule has 1 heterocycles. The van der Waals surface area contributed by atoms with Gasteiger partial charge in [-0.3, -0.25) is 4.90 Å². The molecule has 0 radical (unpaired) electrons. The third-order valence-electron chi connectivity index (χ3n) is 2.04. The van der Waals surface area contributed by atoms with Gasteiger partial charge in [-0.25, -0.2) is 4.79 Å². The molecule has 1 aromatic carbocycles. The largest absolute Gasteiger partial charge is 0.465 e. The molecule has 0 atom stereocenters. The lowest BCUT2D eigenvalue weighted by atomic mass is 10.1. The van der Waals surface area contributed by atoms with Crippen LogP contribution in [0.5, 0.6) is 0 Å². The Balaban J connectivity index is 2.49. The van der Waals surface area contributed by atoms with Crippen molar-refractivity contribution in [1.82, 2.24) is 0 Å². The molecule has 0 saturated heterocycles. The van der Waals surface area contributed by atoms with E-state index in [-0.39, 0.29) is 0 Å². The van der Waals surface area contributed by atoms with Gasteiger partial charge in [-0.1, -0.05) is 30.4 Å². The van der Waals surface area contributed by atoms with Gasteiger partial charge in [-0.2, -0.15) is 0 Å². The van der Waals surface area contributed by atoms with E-state index in [1.54, 1.807) is 0 Å². The molecule has 0 spiro atoms. The first-order valence-corrected chi connectivity index (χ1v) is 4.05. The molecule has 1 amide bonds. The maximum absolute atomic E-state index is 10.8. The summed E-state index contributed by atoms with van der Waals surface area (Å²) >= 11 is 0. The number of amides is 1. The molecule has 1 aliphatic heterocycles. The maximum Gasteiger partial charge on any atom is 0.412 e. The molecule has 1 aliphatic rings. The van der Waals surface area contributed by atoms with E-state index in [1.165, 1.54) is 4.90 Å². The Hall–Kier alpha value is -1.77. The number of fused-ring (bicyclic) bond motifs is 1. The van der Waals surface area contributed by atoms with Gasteiger partial charge in [-0.15, -0.1) is 0 Å². The molecule has 0 bridgehead atoms. The summed E-state index contributed by atoms with van der Waals surface area (Å²) in [5.41, 5.74) is 1.72. The van der Waals surface area contributed by atoms with E-state index in [0.717, 1.165) is 11.3 Å². The Kier molecular flexibility index (Phi) is 1.77. The third kappa shape index (κ3) is 1.28. The zero-order valence-corrected chi connectivity index (χ0v) is 6.97. The van der Waals surface area contributed by atoms with E-state index in [0.29, 0.717) is 6.54 Å². The van der Waals surface area contributed by atoms with Gasteiger partial charge < -0.3 is 5.11 Å². The lowest BCUT2D eigenvalue weighted by molar-refractivity contribution is 0.202. The lowest BCUT2D eigenvalue weighted by Crippen LogP contribution is -2.31. The molecular weight excluding hydrogens is 166 g/mol. The average molecular weight is 175 g/mol. The Bertz CT molecular complexity index is 371.